The Morgan fingerprint density at radius 1 is 1.07 bits per heavy atom. The molecule has 0 atom stereocenters. The SMILES string of the molecule is COCc1ccc(C)cc1N1C(=O)CS/C1=N\C(=O)Nc1ccc(COc2ncn(-c3ccc(OC(F)(F)F)cc3)n2)cc1. The average Bonchev–Trinajstić information content (AvgIpc) is 3.60. The highest BCUT2D eigenvalue weighted by Crippen LogP contribution is 2.31. The molecule has 0 unspecified atom stereocenters. The van der Waals surface area contributed by atoms with E-state index in [2.05, 4.69) is 25.1 Å². The van der Waals surface area contributed by atoms with Crippen LogP contribution in [0.15, 0.2) is 78.0 Å². The molecule has 15 heteroatoms. The summed E-state index contributed by atoms with van der Waals surface area (Å²) in [6.07, 6.45) is -3.41. The first kappa shape index (κ1) is 30.6. The molecular weight excluding hydrogens is 601 g/mol. The second-order valence-corrected chi connectivity index (χ2v) is 10.3. The first-order valence-electron chi connectivity index (χ1n) is 13.0. The fourth-order valence-electron chi connectivity index (χ4n) is 4.15. The van der Waals surface area contributed by atoms with Gasteiger partial charge in [0.2, 0.25) is 5.91 Å². The molecule has 5 rings (SSSR count). The molecule has 3 amide bonds. The second kappa shape index (κ2) is 13.2. The summed E-state index contributed by atoms with van der Waals surface area (Å²) in [5.41, 5.74) is 4.09. The van der Waals surface area contributed by atoms with Gasteiger partial charge >= 0.3 is 18.4 Å². The van der Waals surface area contributed by atoms with Crippen LogP contribution in [0.25, 0.3) is 5.69 Å². The number of amidine groups is 1. The maximum Gasteiger partial charge on any atom is 0.573 e. The van der Waals surface area contributed by atoms with Crippen molar-refractivity contribution in [3.05, 3.63) is 89.7 Å². The van der Waals surface area contributed by atoms with Crippen LogP contribution in [0.4, 0.5) is 29.3 Å². The van der Waals surface area contributed by atoms with Crippen LogP contribution >= 0.6 is 11.8 Å². The van der Waals surface area contributed by atoms with E-state index in [1.165, 1.54) is 51.9 Å². The van der Waals surface area contributed by atoms with Gasteiger partial charge in [-0.05, 0) is 60.5 Å². The van der Waals surface area contributed by atoms with Crippen molar-refractivity contribution in [3.8, 4) is 17.4 Å². The van der Waals surface area contributed by atoms with E-state index in [-0.39, 0.29) is 35.2 Å². The van der Waals surface area contributed by atoms with Crippen molar-refractivity contribution < 1.29 is 37.0 Å². The third-order valence-corrected chi connectivity index (χ3v) is 7.05. The monoisotopic (exact) mass is 626 g/mol. The maximum absolute atomic E-state index is 12.7. The van der Waals surface area contributed by atoms with Gasteiger partial charge < -0.3 is 19.5 Å². The highest BCUT2D eigenvalue weighted by atomic mass is 32.2. The molecule has 0 spiro atoms. The fourth-order valence-corrected chi connectivity index (χ4v) is 5.01. The van der Waals surface area contributed by atoms with Gasteiger partial charge in [-0.25, -0.2) is 9.48 Å². The number of methoxy groups -OCH3 is 1. The summed E-state index contributed by atoms with van der Waals surface area (Å²) >= 11 is 1.18. The number of carbonyl (C=O) groups excluding carboxylic acids is 2. The lowest BCUT2D eigenvalue weighted by molar-refractivity contribution is -0.274. The van der Waals surface area contributed by atoms with E-state index < -0.39 is 12.4 Å². The Morgan fingerprint density at radius 3 is 2.52 bits per heavy atom. The lowest BCUT2D eigenvalue weighted by Crippen LogP contribution is -2.31. The van der Waals surface area contributed by atoms with Gasteiger partial charge in [-0.2, -0.15) is 9.98 Å². The highest BCUT2D eigenvalue weighted by molar-refractivity contribution is 8.15. The number of aryl methyl sites for hydroxylation is 1. The molecule has 1 fully saturated rings. The topological polar surface area (TPSA) is 120 Å². The van der Waals surface area contributed by atoms with Crippen molar-refractivity contribution in [2.24, 2.45) is 4.99 Å². The van der Waals surface area contributed by atoms with Gasteiger partial charge in [0.05, 0.1) is 23.7 Å². The highest BCUT2D eigenvalue weighted by Gasteiger charge is 2.32. The Hall–Kier alpha value is -4.89. The van der Waals surface area contributed by atoms with Crippen LogP contribution in [0, 0.1) is 6.92 Å². The molecule has 0 bridgehead atoms. The van der Waals surface area contributed by atoms with Gasteiger partial charge in [-0.3, -0.25) is 9.69 Å². The second-order valence-electron chi connectivity index (χ2n) is 9.41. The lowest BCUT2D eigenvalue weighted by atomic mass is 10.1. The number of alkyl halides is 3. The number of aliphatic imine (C=N–C) groups is 1. The molecule has 1 aromatic heterocycles. The number of thioether (sulfide) groups is 1. The van der Waals surface area contributed by atoms with Crippen LogP contribution in [0.3, 0.4) is 0 Å². The Bertz CT molecular complexity index is 1680. The first-order valence-corrected chi connectivity index (χ1v) is 14.0. The van der Waals surface area contributed by atoms with Crippen LogP contribution in [0.2, 0.25) is 0 Å². The largest absolute Gasteiger partial charge is 0.573 e. The number of ether oxygens (including phenoxy) is 3. The van der Waals surface area contributed by atoms with E-state index in [1.807, 2.05) is 25.1 Å². The van der Waals surface area contributed by atoms with Gasteiger partial charge in [0.25, 0.3) is 0 Å². The van der Waals surface area contributed by atoms with Crippen molar-refractivity contribution in [1.82, 2.24) is 14.8 Å². The standard InChI is InChI=1S/C29H25F3N6O5S/c1-18-3-6-20(15-41-2)24(13-18)38-25(39)16-44-28(38)35-26(40)34-21-7-4-19(5-8-21)14-42-27-33-17-37(36-27)22-9-11-23(12-10-22)43-29(30,31)32/h3-13,17H,14-16H2,1-2H3,(H,34,40)/b35-28-. The quantitative estimate of drug-likeness (QED) is 0.245. The molecule has 228 valence electrons. The van der Waals surface area contributed by atoms with Crippen molar-refractivity contribution >= 4 is 40.2 Å². The number of nitrogens with one attached hydrogen (secondary N) is 1. The summed E-state index contributed by atoms with van der Waals surface area (Å²) in [4.78, 5) is 35.1. The molecule has 11 nitrogen and oxygen atoms in total. The summed E-state index contributed by atoms with van der Waals surface area (Å²) < 4.78 is 53.2. The molecular formula is C29H25F3N6O5S. The number of hydrogen-bond donors (Lipinski definition) is 1. The predicted octanol–water partition coefficient (Wildman–Crippen LogP) is 5.87. The minimum absolute atomic E-state index is 0.0595. The molecule has 0 aliphatic carbocycles. The molecule has 2 heterocycles. The minimum atomic E-state index is -4.77. The molecule has 1 N–H and O–H groups in total. The number of rotatable bonds is 9. The number of aromatic nitrogens is 3. The molecule has 0 saturated carbocycles. The zero-order valence-electron chi connectivity index (χ0n) is 23.4. The van der Waals surface area contributed by atoms with Crippen molar-refractivity contribution in [3.63, 3.8) is 0 Å². The van der Waals surface area contributed by atoms with Crippen LogP contribution < -0.4 is 19.7 Å². The fraction of sp³-hybridized carbons (Fsp3) is 0.207. The number of amides is 3. The van der Waals surface area contributed by atoms with E-state index in [9.17, 15) is 22.8 Å². The number of urea groups is 1. The zero-order valence-corrected chi connectivity index (χ0v) is 24.2. The van der Waals surface area contributed by atoms with E-state index in [0.717, 1.165) is 16.7 Å². The summed E-state index contributed by atoms with van der Waals surface area (Å²) in [5.74, 6) is -0.364. The van der Waals surface area contributed by atoms with Gasteiger partial charge in [-0.1, -0.05) is 36.0 Å². The third kappa shape index (κ3) is 7.73. The number of anilines is 2. The molecule has 1 aliphatic rings. The number of halogens is 3. The van der Waals surface area contributed by atoms with Crippen LogP contribution in [0.1, 0.15) is 16.7 Å². The third-order valence-electron chi connectivity index (χ3n) is 6.12. The maximum atomic E-state index is 12.7. The van der Waals surface area contributed by atoms with E-state index in [4.69, 9.17) is 9.47 Å². The molecule has 1 saturated heterocycles. The predicted molar refractivity (Wildman–Crippen MR) is 157 cm³/mol. The Labute approximate surface area is 253 Å². The molecule has 0 radical (unpaired) electrons. The Balaban J connectivity index is 1.17. The summed E-state index contributed by atoms with van der Waals surface area (Å²) in [7, 11) is 1.57. The van der Waals surface area contributed by atoms with Crippen LogP contribution in [-0.4, -0.2) is 51.1 Å². The van der Waals surface area contributed by atoms with Gasteiger partial charge in [0.1, 0.15) is 18.7 Å². The van der Waals surface area contributed by atoms with E-state index in [1.54, 1.807) is 31.4 Å². The summed E-state index contributed by atoms with van der Waals surface area (Å²) in [6, 6.07) is 17.1. The molecule has 4 aromatic rings. The van der Waals surface area contributed by atoms with E-state index >= 15 is 0 Å². The lowest BCUT2D eigenvalue weighted by Gasteiger charge is -2.20. The molecule has 44 heavy (non-hydrogen) atoms. The Morgan fingerprint density at radius 2 is 1.82 bits per heavy atom. The number of nitrogens with zero attached hydrogens (tertiary/aromatic N) is 5. The zero-order chi connectivity index (χ0) is 31.3. The first-order chi connectivity index (χ1) is 21.1. The molecule has 1 aliphatic heterocycles. The minimum Gasteiger partial charge on any atom is -0.458 e. The van der Waals surface area contributed by atoms with Gasteiger partial charge in [0.15, 0.2) is 5.17 Å². The number of carbonyl (C=O) groups is 2. The summed E-state index contributed by atoms with van der Waals surface area (Å²) in [5, 5.41) is 7.15. The van der Waals surface area contributed by atoms with E-state index in [0.29, 0.717) is 23.7 Å². The van der Waals surface area contributed by atoms with Crippen LogP contribution in [0.5, 0.6) is 11.8 Å². The average molecular weight is 627 g/mol. The summed E-state index contributed by atoms with van der Waals surface area (Å²) in [6.45, 7) is 2.33. The smallest absolute Gasteiger partial charge is 0.458 e. The van der Waals surface area contributed by atoms with Gasteiger partial charge in [-0.15, -0.1) is 18.3 Å². The van der Waals surface area contributed by atoms with Crippen LogP contribution in [-0.2, 0) is 22.7 Å². The Kier molecular flexibility index (Phi) is 9.15. The molecule has 3 aromatic carbocycles. The number of hydrogen-bond acceptors (Lipinski definition) is 8. The van der Waals surface area contributed by atoms with Crippen molar-refractivity contribution in [2.75, 3.05) is 23.1 Å². The van der Waals surface area contributed by atoms with Crippen molar-refractivity contribution in [1.29, 1.82) is 0 Å². The van der Waals surface area contributed by atoms with Crippen molar-refractivity contribution in [2.45, 2.75) is 26.5 Å². The normalized spacial score (nSPS) is 14.2. The number of benzene rings is 3. The van der Waals surface area contributed by atoms with Gasteiger partial charge in [0, 0.05) is 18.4 Å².